The number of carbonyl (C=O) groups is 1. The molecule has 180 valence electrons. The van der Waals surface area contributed by atoms with Gasteiger partial charge in [-0.05, 0) is 54.6 Å². The second-order valence-electron chi connectivity index (χ2n) is 8.26. The van der Waals surface area contributed by atoms with Crippen molar-refractivity contribution in [3.8, 4) is 17.1 Å². The van der Waals surface area contributed by atoms with Crippen molar-refractivity contribution < 1.29 is 9.53 Å². The Kier molecular flexibility index (Phi) is 5.62. The van der Waals surface area contributed by atoms with Crippen LogP contribution >= 0.6 is 0 Å². The minimum Gasteiger partial charge on any atom is -0.497 e. The van der Waals surface area contributed by atoms with Crippen LogP contribution in [0.25, 0.3) is 27.8 Å². The lowest BCUT2D eigenvalue weighted by Crippen LogP contribution is -2.13. The number of pyridine rings is 1. The summed E-state index contributed by atoms with van der Waals surface area (Å²) >= 11 is 0. The second-order valence-corrected chi connectivity index (χ2v) is 8.26. The molecule has 0 atom stereocenters. The molecule has 0 bridgehead atoms. The topological polar surface area (TPSA) is 106 Å². The van der Waals surface area contributed by atoms with Crippen LogP contribution in [0.5, 0.6) is 5.75 Å². The van der Waals surface area contributed by atoms with Crippen LogP contribution in [0.4, 0.5) is 17.2 Å². The molecule has 9 nitrogen and oxygen atoms in total. The molecule has 0 saturated heterocycles. The van der Waals surface area contributed by atoms with E-state index in [-0.39, 0.29) is 5.91 Å². The van der Waals surface area contributed by atoms with Crippen molar-refractivity contribution in [3.63, 3.8) is 0 Å². The number of fused-ring (bicyclic) bond motifs is 3. The van der Waals surface area contributed by atoms with E-state index in [4.69, 9.17) is 9.84 Å². The third kappa shape index (κ3) is 4.30. The van der Waals surface area contributed by atoms with Gasteiger partial charge < -0.3 is 15.4 Å². The molecule has 6 aromatic rings. The molecule has 37 heavy (non-hydrogen) atoms. The Morgan fingerprint density at radius 1 is 0.838 bits per heavy atom. The summed E-state index contributed by atoms with van der Waals surface area (Å²) in [7, 11) is 1.63. The van der Waals surface area contributed by atoms with Crippen molar-refractivity contribution in [2.24, 2.45) is 0 Å². The number of hydrogen-bond acceptors (Lipinski definition) is 7. The summed E-state index contributed by atoms with van der Waals surface area (Å²) in [6.07, 6.45) is 1.59. The molecule has 0 aliphatic rings. The molecule has 0 saturated carbocycles. The maximum atomic E-state index is 12.6. The molecule has 0 unspecified atom stereocenters. The number of carbonyl (C=O) groups excluding carboxylic acids is 1. The number of amides is 1. The number of rotatable bonds is 6. The first-order chi connectivity index (χ1) is 18.2. The van der Waals surface area contributed by atoms with Gasteiger partial charge in [0.1, 0.15) is 11.4 Å². The molecule has 6 rings (SSSR count). The van der Waals surface area contributed by atoms with Crippen LogP contribution in [0.3, 0.4) is 0 Å². The summed E-state index contributed by atoms with van der Waals surface area (Å²) in [5, 5.41) is 21.8. The van der Waals surface area contributed by atoms with Crippen molar-refractivity contribution in [3.05, 3.63) is 103 Å². The highest BCUT2D eigenvalue weighted by Gasteiger charge is 2.16. The summed E-state index contributed by atoms with van der Waals surface area (Å²) in [6, 6.07) is 28.1. The van der Waals surface area contributed by atoms with Crippen LogP contribution in [0.15, 0.2) is 97.2 Å². The Bertz CT molecular complexity index is 1730. The Balaban J connectivity index is 1.38. The molecule has 0 spiro atoms. The zero-order valence-electron chi connectivity index (χ0n) is 19.8. The number of nitrogens with one attached hydrogen (secondary N) is 2. The van der Waals surface area contributed by atoms with Crippen molar-refractivity contribution >= 4 is 39.5 Å². The zero-order chi connectivity index (χ0) is 25.2. The van der Waals surface area contributed by atoms with E-state index < -0.39 is 0 Å². The number of aromatic nitrogens is 5. The lowest BCUT2D eigenvalue weighted by molar-refractivity contribution is 0.102. The minimum atomic E-state index is -0.281. The summed E-state index contributed by atoms with van der Waals surface area (Å²) in [5.74, 6) is 1.72. The van der Waals surface area contributed by atoms with Crippen LogP contribution in [0.1, 0.15) is 10.5 Å². The van der Waals surface area contributed by atoms with E-state index in [1.54, 1.807) is 36.0 Å². The molecule has 3 heterocycles. The first-order valence-corrected chi connectivity index (χ1v) is 11.6. The number of hydrogen-bond donors (Lipinski definition) is 2. The van der Waals surface area contributed by atoms with Gasteiger partial charge >= 0.3 is 0 Å². The van der Waals surface area contributed by atoms with E-state index >= 15 is 0 Å². The van der Waals surface area contributed by atoms with Gasteiger partial charge in [0.05, 0.1) is 7.11 Å². The highest BCUT2D eigenvalue weighted by Crippen LogP contribution is 2.30. The molecule has 2 N–H and O–H groups in total. The van der Waals surface area contributed by atoms with E-state index in [0.29, 0.717) is 28.7 Å². The van der Waals surface area contributed by atoms with Crippen LogP contribution < -0.4 is 15.4 Å². The van der Waals surface area contributed by atoms with Crippen molar-refractivity contribution in [2.45, 2.75) is 0 Å². The summed E-state index contributed by atoms with van der Waals surface area (Å²) in [6.45, 7) is 0. The molecule has 0 fully saturated rings. The molecule has 0 radical (unpaired) electrons. The Hall–Kier alpha value is -5.31. The van der Waals surface area contributed by atoms with E-state index in [2.05, 4.69) is 25.8 Å². The summed E-state index contributed by atoms with van der Waals surface area (Å²) in [4.78, 5) is 16.7. The summed E-state index contributed by atoms with van der Waals surface area (Å²) in [5.41, 5.74) is 3.26. The van der Waals surface area contributed by atoms with Crippen LogP contribution in [0, 0.1) is 0 Å². The van der Waals surface area contributed by atoms with Gasteiger partial charge in [-0.3, -0.25) is 9.78 Å². The van der Waals surface area contributed by atoms with Gasteiger partial charge in [0.15, 0.2) is 17.3 Å². The average Bonchev–Trinajstić information content (AvgIpc) is 3.38. The number of benzene rings is 3. The number of methoxy groups -OCH3 is 1. The minimum absolute atomic E-state index is 0.281. The Labute approximate surface area is 211 Å². The van der Waals surface area contributed by atoms with Crippen molar-refractivity contribution in [1.29, 1.82) is 0 Å². The van der Waals surface area contributed by atoms with Gasteiger partial charge in [-0.2, -0.15) is 4.52 Å². The van der Waals surface area contributed by atoms with Gasteiger partial charge in [0, 0.05) is 33.9 Å². The predicted octanol–water partition coefficient (Wildman–Crippen LogP) is 5.34. The SMILES string of the molecule is COc1ccc(-c2nnc3c4ccccc4c(Nc4cccc(NC(=O)c5ccccn5)c4)nn23)cc1. The lowest BCUT2D eigenvalue weighted by atomic mass is 10.1. The average molecular weight is 488 g/mol. The van der Waals surface area contributed by atoms with Gasteiger partial charge in [0.25, 0.3) is 5.91 Å². The standard InChI is InChI=1S/C28H21N7O2/c1-37-21-14-12-18(13-15-21)26-32-33-27-23-10-3-2-9-22(23)25(34-35(26)27)30-19-7-6-8-20(17-19)31-28(36)24-11-4-5-16-29-24/h2-17H,1H3,(H,30,34)(H,31,36). The Morgan fingerprint density at radius 3 is 2.41 bits per heavy atom. The van der Waals surface area contributed by atoms with E-state index in [0.717, 1.165) is 27.8 Å². The maximum absolute atomic E-state index is 12.6. The quantitative estimate of drug-likeness (QED) is 0.326. The van der Waals surface area contributed by atoms with Crippen LogP contribution in [-0.4, -0.2) is 37.8 Å². The molecular weight excluding hydrogens is 466 g/mol. The third-order valence-electron chi connectivity index (χ3n) is 5.89. The van der Waals surface area contributed by atoms with Gasteiger partial charge in [-0.15, -0.1) is 15.3 Å². The van der Waals surface area contributed by atoms with Gasteiger partial charge in [-0.1, -0.05) is 36.4 Å². The second kappa shape index (κ2) is 9.38. The number of anilines is 3. The highest BCUT2D eigenvalue weighted by molar-refractivity contribution is 6.03. The molecule has 9 heteroatoms. The van der Waals surface area contributed by atoms with Crippen LogP contribution in [0.2, 0.25) is 0 Å². The monoisotopic (exact) mass is 487 g/mol. The Morgan fingerprint density at radius 2 is 1.62 bits per heavy atom. The molecule has 3 aromatic carbocycles. The van der Waals surface area contributed by atoms with E-state index in [1.165, 1.54) is 0 Å². The highest BCUT2D eigenvalue weighted by atomic mass is 16.5. The van der Waals surface area contributed by atoms with Gasteiger partial charge in [0.2, 0.25) is 0 Å². The van der Waals surface area contributed by atoms with Gasteiger partial charge in [-0.25, -0.2) is 0 Å². The molecular formula is C28H21N7O2. The smallest absolute Gasteiger partial charge is 0.274 e. The molecule has 1 amide bonds. The summed E-state index contributed by atoms with van der Waals surface area (Å²) < 4.78 is 7.01. The number of ether oxygens (including phenoxy) is 1. The first-order valence-electron chi connectivity index (χ1n) is 11.6. The largest absolute Gasteiger partial charge is 0.497 e. The van der Waals surface area contributed by atoms with Crippen LogP contribution in [-0.2, 0) is 0 Å². The molecule has 0 aliphatic heterocycles. The number of nitrogens with zero attached hydrogens (tertiary/aromatic N) is 5. The fourth-order valence-corrected chi connectivity index (χ4v) is 4.10. The third-order valence-corrected chi connectivity index (χ3v) is 5.89. The molecule has 0 aliphatic carbocycles. The molecule has 3 aromatic heterocycles. The normalized spacial score (nSPS) is 10.9. The maximum Gasteiger partial charge on any atom is 0.274 e. The fraction of sp³-hybridized carbons (Fsp3) is 0.0357. The lowest BCUT2D eigenvalue weighted by Gasteiger charge is -2.12. The van der Waals surface area contributed by atoms with Crippen molar-refractivity contribution in [2.75, 3.05) is 17.7 Å². The van der Waals surface area contributed by atoms with E-state index in [1.807, 2.05) is 72.8 Å². The van der Waals surface area contributed by atoms with E-state index in [9.17, 15) is 4.79 Å². The fourth-order valence-electron chi connectivity index (χ4n) is 4.10. The first kappa shape index (κ1) is 22.2. The zero-order valence-corrected chi connectivity index (χ0v) is 19.8. The predicted molar refractivity (Wildman–Crippen MR) is 142 cm³/mol. The van der Waals surface area contributed by atoms with Crippen molar-refractivity contribution in [1.82, 2.24) is 24.8 Å².